The van der Waals surface area contributed by atoms with Gasteiger partial charge in [0.05, 0.1) is 5.41 Å². The molecule has 1 aliphatic rings. The summed E-state index contributed by atoms with van der Waals surface area (Å²) in [5.74, 6) is 0.134. The van der Waals surface area contributed by atoms with E-state index in [2.05, 4.69) is 28.8 Å². The van der Waals surface area contributed by atoms with Gasteiger partial charge in [0.25, 0.3) is 0 Å². The maximum atomic E-state index is 11.8. The molecule has 0 saturated carbocycles. The van der Waals surface area contributed by atoms with Crippen molar-refractivity contribution in [2.24, 2.45) is 5.41 Å². The Hall–Kier alpha value is -1.51. The van der Waals surface area contributed by atoms with Crippen LogP contribution in [0.5, 0.6) is 0 Å². The highest BCUT2D eigenvalue weighted by Crippen LogP contribution is 2.37. The van der Waals surface area contributed by atoms with Gasteiger partial charge in [-0.3, -0.25) is 4.79 Å². The second kappa shape index (κ2) is 3.81. The SMILES string of the molecule is CNC(=O)C1(C)Cc2ccc(NC)cc2C1. The van der Waals surface area contributed by atoms with Gasteiger partial charge >= 0.3 is 0 Å². The standard InChI is InChI=1S/C13H18N2O/c1-13(12(16)15-3)7-9-4-5-11(14-2)6-10(9)8-13/h4-6,14H,7-8H2,1-3H3,(H,15,16). The Balaban J connectivity index is 2.30. The Labute approximate surface area is 96.2 Å². The van der Waals surface area contributed by atoms with Crippen LogP contribution in [0.2, 0.25) is 0 Å². The van der Waals surface area contributed by atoms with Crippen LogP contribution in [0.25, 0.3) is 0 Å². The molecule has 1 atom stereocenters. The van der Waals surface area contributed by atoms with Crippen LogP contribution >= 0.6 is 0 Å². The first-order valence-electron chi connectivity index (χ1n) is 5.61. The maximum absolute atomic E-state index is 11.8. The van der Waals surface area contributed by atoms with Crippen molar-refractivity contribution >= 4 is 11.6 Å². The molecule has 0 radical (unpaired) electrons. The van der Waals surface area contributed by atoms with E-state index in [0.717, 1.165) is 18.5 Å². The van der Waals surface area contributed by atoms with E-state index in [-0.39, 0.29) is 11.3 Å². The molecular weight excluding hydrogens is 200 g/mol. The van der Waals surface area contributed by atoms with Crippen molar-refractivity contribution in [3.8, 4) is 0 Å². The van der Waals surface area contributed by atoms with Gasteiger partial charge in [0.1, 0.15) is 0 Å². The number of carbonyl (C=O) groups excluding carboxylic acids is 1. The molecule has 1 amide bonds. The van der Waals surface area contributed by atoms with Crippen molar-refractivity contribution < 1.29 is 4.79 Å². The molecular formula is C13H18N2O. The lowest BCUT2D eigenvalue weighted by atomic mass is 9.86. The number of benzene rings is 1. The first-order chi connectivity index (χ1) is 7.59. The van der Waals surface area contributed by atoms with Gasteiger partial charge in [-0.1, -0.05) is 13.0 Å². The van der Waals surface area contributed by atoms with Crippen molar-refractivity contribution in [3.05, 3.63) is 29.3 Å². The molecule has 86 valence electrons. The molecule has 16 heavy (non-hydrogen) atoms. The maximum Gasteiger partial charge on any atom is 0.226 e. The third kappa shape index (κ3) is 1.66. The van der Waals surface area contributed by atoms with Crippen LogP contribution in [0.3, 0.4) is 0 Å². The molecule has 0 fully saturated rings. The zero-order valence-electron chi connectivity index (χ0n) is 10.1. The minimum absolute atomic E-state index is 0.134. The van der Waals surface area contributed by atoms with Crippen LogP contribution in [-0.2, 0) is 17.6 Å². The molecule has 0 bridgehead atoms. The number of rotatable bonds is 2. The van der Waals surface area contributed by atoms with Crippen LogP contribution in [0.15, 0.2) is 18.2 Å². The smallest absolute Gasteiger partial charge is 0.226 e. The minimum atomic E-state index is -0.274. The summed E-state index contributed by atoms with van der Waals surface area (Å²) in [4.78, 5) is 11.8. The van der Waals surface area contributed by atoms with E-state index < -0.39 is 0 Å². The minimum Gasteiger partial charge on any atom is -0.388 e. The van der Waals surface area contributed by atoms with Gasteiger partial charge in [0, 0.05) is 19.8 Å². The second-order valence-corrected chi connectivity index (χ2v) is 4.73. The molecule has 0 spiro atoms. The zero-order valence-corrected chi connectivity index (χ0v) is 10.1. The topological polar surface area (TPSA) is 41.1 Å². The highest BCUT2D eigenvalue weighted by Gasteiger charge is 2.38. The summed E-state index contributed by atoms with van der Waals surface area (Å²) in [5, 5.41) is 5.88. The fraction of sp³-hybridized carbons (Fsp3) is 0.462. The molecule has 0 heterocycles. The van der Waals surface area contributed by atoms with Crippen LogP contribution < -0.4 is 10.6 Å². The van der Waals surface area contributed by atoms with Crippen molar-refractivity contribution in [2.45, 2.75) is 19.8 Å². The summed E-state index contributed by atoms with van der Waals surface area (Å²) < 4.78 is 0. The van der Waals surface area contributed by atoms with E-state index in [1.165, 1.54) is 11.1 Å². The molecule has 1 aliphatic carbocycles. The predicted octanol–water partition coefficient (Wildman–Crippen LogP) is 1.58. The lowest BCUT2D eigenvalue weighted by molar-refractivity contribution is -0.129. The Bertz CT molecular complexity index is 428. The first kappa shape index (κ1) is 11.0. The largest absolute Gasteiger partial charge is 0.388 e. The Morgan fingerprint density at radius 3 is 2.56 bits per heavy atom. The number of fused-ring (bicyclic) bond motifs is 1. The lowest BCUT2D eigenvalue weighted by Gasteiger charge is -2.20. The Morgan fingerprint density at radius 1 is 1.25 bits per heavy atom. The molecule has 3 nitrogen and oxygen atoms in total. The highest BCUT2D eigenvalue weighted by molar-refractivity contribution is 5.83. The van der Waals surface area contributed by atoms with Gasteiger partial charge in [-0.05, 0) is 36.1 Å². The molecule has 1 aromatic carbocycles. The quantitative estimate of drug-likeness (QED) is 0.791. The molecule has 0 saturated heterocycles. The number of amides is 1. The fourth-order valence-electron chi connectivity index (χ4n) is 2.48. The lowest BCUT2D eigenvalue weighted by Crippen LogP contribution is -2.37. The summed E-state index contributed by atoms with van der Waals surface area (Å²) in [7, 11) is 3.62. The van der Waals surface area contributed by atoms with Gasteiger partial charge < -0.3 is 10.6 Å². The third-order valence-electron chi connectivity index (χ3n) is 3.43. The number of nitrogens with one attached hydrogen (secondary N) is 2. The number of anilines is 1. The Morgan fingerprint density at radius 2 is 1.94 bits per heavy atom. The van der Waals surface area contributed by atoms with Crippen molar-refractivity contribution in [1.29, 1.82) is 0 Å². The molecule has 1 unspecified atom stereocenters. The molecule has 0 aliphatic heterocycles. The highest BCUT2D eigenvalue weighted by atomic mass is 16.2. The molecule has 0 aromatic heterocycles. The summed E-state index contributed by atoms with van der Waals surface area (Å²) >= 11 is 0. The summed E-state index contributed by atoms with van der Waals surface area (Å²) in [5.41, 5.74) is 3.42. The fourth-order valence-corrected chi connectivity index (χ4v) is 2.48. The average molecular weight is 218 g/mol. The average Bonchev–Trinajstić information content (AvgIpc) is 2.64. The summed E-state index contributed by atoms with van der Waals surface area (Å²) in [6, 6.07) is 6.33. The molecule has 1 aromatic rings. The van der Waals surface area contributed by atoms with E-state index in [1.807, 2.05) is 14.0 Å². The van der Waals surface area contributed by atoms with Gasteiger partial charge in [-0.2, -0.15) is 0 Å². The summed E-state index contributed by atoms with van der Waals surface area (Å²) in [6.45, 7) is 2.03. The third-order valence-corrected chi connectivity index (χ3v) is 3.43. The van der Waals surface area contributed by atoms with E-state index in [1.54, 1.807) is 7.05 Å². The number of hydrogen-bond acceptors (Lipinski definition) is 2. The van der Waals surface area contributed by atoms with Crippen molar-refractivity contribution in [1.82, 2.24) is 5.32 Å². The zero-order chi connectivity index (χ0) is 11.8. The second-order valence-electron chi connectivity index (χ2n) is 4.73. The van der Waals surface area contributed by atoms with Crippen LogP contribution in [0.4, 0.5) is 5.69 Å². The predicted molar refractivity (Wildman–Crippen MR) is 65.6 cm³/mol. The van der Waals surface area contributed by atoms with Gasteiger partial charge in [0.15, 0.2) is 0 Å². The normalized spacial score (nSPS) is 22.7. The molecule has 2 rings (SSSR count). The summed E-state index contributed by atoms with van der Waals surface area (Å²) in [6.07, 6.45) is 1.67. The molecule has 2 N–H and O–H groups in total. The van der Waals surface area contributed by atoms with Crippen molar-refractivity contribution in [3.63, 3.8) is 0 Å². The van der Waals surface area contributed by atoms with E-state index >= 15 is 0 Å². The van der Waals surface area contributed by atoms with Crippen LogP contribution in [-0.4, -0.2) is 20.0 Å². The van der Waals surface area contributed by atoms with Crippen LogP contribution in [0.1, 0.15) is 18.1 Å². The Kier molecular flexibility index (Phi) is 2.62. The first-order valence-corrected chi connectivity index (χ1v) is 5.61. The van der Waals surface area contributed by atoms with Crippen molar-refractivity contribution in [2.75, 3.05) is 19.4 Å². The number of hydrogen-bond donors (Lipinski definition) is 2. The van der Waals surface area contributed by atoms with E-state index in [9.17, 15) is 4.79 Å². The molecule has 3 heteroatoms. The van der Waals surface area contributed by atoms with E-state index in [4.69, 9.17) is 0 Å². The van der Waals surface area contributed by atoms with Gasteiger partial charge in [-0.25, -0.2) is 0 Å². The van der Waals surface area contributed by atoms with Crippen LogP contribution in [0, 0.1) is 5.41 Å². The van der Waals surface area contributed by atoms with Gasteiger partial charge in [0.2, 0.25) is 5.91 Å². The van der Waals surface area contributed by atoms with Gasteiger partial charge in [-0.15, -0.1) is 0 Å². The van der Waals surface area contributed by atoms with E-state index in [0.29, 0.717) is 0 Å². The monoisotopic (exact) mass is 218 g/mol. The number of carbonyl (C=O) groups is 1.